The number of likely N-dealkylation sites (tertiary alicyclic amines) is 1. The molecular formula is C30H36F3N3O3. The number of alkyl halides is 3. The summed E-state index contributed by atoms with van der Waals surface area (Å²) in [5.41, 5.74) is 2.59. The molecule has 0 unspecified atom stereocenters. The molecule has 0 radical (unpaired) electrons. The number of benzene rings is 2. The third-order valence-electron chi connectivity index (χ3n) is 7.09. The highest BCUT2D eigenvalue weighted by Crippen LogP contribution is 2.32. The van der Waals surface area contributed by atoms with E-state index in [2.05, 4.69) is 28.7 Å². The summed E-state index contributed by atoms with van der Waals surface area (Å²) in [5.74, 6) is 0.334. The normalized spacial score (nSPS) is 20.0. The van der Waals surface area contributed by atoms with E-state index in [1.54, 1.807) is 18.3 Å². The van der Waals surface area contributed by atoms with Crippen LogP contribution in [0, 0.1) is 5.92 Å². The number of urea groups is 1. The van der Waals surface area contributed by atoms with E-state index in [-0.39, 0.29) is 23.9 Å². The molecule has 6 nitrogen and oxygen atoms in total. The van der Waals surface area contributed by atoms with Crippen LogP contribution in [0.15, 0.2) is 65.9 Å². The van der Waals surface area contributed by atoms with Gasteiger partial charge in [-0.1, -0.05) is 55.8 Å². The summed E-state index contributed by atoms with van der Waals surface area (Å²) in [6.07, 6.45) is 3.03. The molecule has 0 spiro atoms. The van der Waals surface area contributed by atoms with Gasteiger partial charge in [-0.25, -0.2) is 4.79 Å². The van der Waals surface area contributed by atoms with Crippen molar-refractivity contribution in [3.63, 3.8) is 0 Å². The molecule has 4 rings (SSSR count). The van der Waals surface area contributed by atoms with Crippen LogP contribution in [0.2, 0.25) is 0 Å². The molecule has 0 bridgehead atoms. The van der Waals surface area contributed by atoms with Crippen LogP contribution in [-0.4, -0.2) is 54.3 Å². The number of ether oxygens (including phenoxy) is 2. The summed E-state index contributed by atoms with van der Waals surface area (Å²) in [6.45, 7) is 6.83. The highest BCUT2D eigenvalue weighted by Gasteiger charge is 2.35. The molecule has 1 aliphatic carbocycles. The fraction of sp³-hybridized carbons (Fsp3) is 0.467. The lowest BCUT2D eigenvalue weighted by Crippen LogP contribution is -2.53. The van der Waals surface area contributed by atoms with Crippen LogP contribution in [0.1, 0.15) is 56.6 Å². The highest BCUT2D eigenvalue weighted by atomic mass is 19.4. The van der Waals surface area contributed by atoms with Gasteiger partial charge >= 0.3 is 12.4 Å². The molecular weight excluding hydrogens is 507 g/mol. The van der Waals surface area contributed by atoms with Crippen molar-refractivity contribution in [1.82, 2.24) is 9.91 Å². The number of nitrogens with zero attached hydrogens (tertiary/aromatic N) is 3. The Morgan fingerprint density at radius 2 is 1.82 bits per heavy atom. The summed E-state index contributed by atoms with van der Waals surface area (Å²) in [4.78, 5) is 15.7. The maximum atomic E-state index is 13.9. The van der Waals surface area contributed by atoms with Gasteiger partial charge in [0.1, 0.15) is 5.75 Å². The van der Waals surface area contributed by atoms with E-state index in [0.717, 1.165) is 43.4 Å². The molecule has 1 aliphatic heterocycles. The average molecular weight is 544 g/mol. The first kappa shape index (κ1) is 28.7. The number of amides is 2. The Labute approximate surface area is 228 Å². The predicted molar refractivity (Wildman–Crippen MR) is 145 cm³/mol. The molecule has 210 valence electrons. The molecule has 2 fully saturated rings. The van der Waals surface area contributed by atoms with E-state index in [1.807, 2.05) is 30.0 Å². The molecule has 0 N–H and O–H groups in total. The number of rotatable bonds is 11. The van der Waals surface area contributed by atoms with Crippen LogP contribution >= 0.6 is 0 Å². The Morgan fingerprint density at radius 3 is 2.44 bits per heavy atom. The topological polar surface area (TPSA) is 54.4 Å². The van der Waals surface area contributed by atoms with Gasteiger partial charge in [0.15, 0.2) is 0 Å². The fourth-order valence-electron chi connectivity index (χ4n) is 4.88. The van der Waals surface area contributed by atoms with Gasteiger partial charge in [0.25, 0.3) is 0 Å². The quantitative estimate of drug-likeness (QED) is 0.221. The van der Waals surface area contributed by atoms with E-state index in [0.29, 0.717) is 24.4 Å². The SMILES string of the molecule is C=NN(/C=C(\CCC)c1ccc(OC(F)(F)F)cc1)C(=O)N1C[C@H](OCC2CC2)CC[C@@H]1Cc1ccccc1. The molecule has 1 saturated carbocycles. The Hall–Kier alpha value is -3.33. The number of carbonyl (C=O) groups excluding carboxylic acids is 1. The minimum atomic E-state index is -4.76. The zero-order valence-corrected chi connectivity index (χ0v) is 22.3. The highest BCUT2D eigenvalue weighted by molar-refractivity contribution is 5.79. The molecule has 0 aromatic heterocycles. The third kappa shape index (κ3) is 8.58. The van der Waals surface area contributed by atoms with Crippen LogP contribution in [0.4, 0.5) is 18.0 Å². The van der Waals surface area contributed by atoms with Gasteiger partial charge in [0.05, 0.1) is 6.10 Å². The summed E-state index contributed by atoms with van der Waals surface area (Å²) in [6, 6.07) is 15.4. The van der Waals surface area contributed by atoms with Crippen molar-refractivity contribution in [2.45, 2.75) is 70.4 Å². The largest absolute Gasteiger partial charge is 0.573 e. The van der Waals surface area contributed by atoms with Gasteiger partial charge < -0.3 is 14.4 Å². The van der Waals surface area contributed by atoms with Gasteiger partial charge in [-0.05, 0) is 73.3 Å². The number of hydrazone groups is 1. The molecule has 39 heavy (non-hydrogen) atoms. The van der Waals surface area contributed by atoms with E-state index in [9.17, 15) is 18.0 Å². The van der Waals surface area contributed by atoms with Crippen molar-refractivity contribution < 1.29 is 27.4 Å². The Balaban J connectivity index is 1.54. The molecule has 2 aromatic rings. The fourth-order valence-corrected chi connectivity index (χ4v) is 4.88. The van der Waals surface area contributed by atoms with Crippen LogP contribution in [0.3, 0.4) is 0 Å². The molecule has 2 atom stereocenters. The number of allylic oxidation sites excluding steroid dienone is 1. The van der Waals surface area contributed by atoms with Gasteiger partial charge in [0, 0.05) is 32.1 Å². The Kier molecular flexibility index (Phi) is 9.67. The number of halogens is 3. The zero-order valence-electron chi connectivity index (χ0n) is 22.3. The molecule has 2 aromatic carbocycles. The molecule has 1 saturated heterocycles. The van der Waals surface area contributed by atoms with Gasteiger partial charge in [-0.2, -0.15) is 10.1 Å². The van der Waals surface area contributed by atoms with E-state index < -0.39 is 6.36 Å². The van der Waals surface area contributed by atoms with Crippen LogP contribution < -0.4 is 4.74 Å². The number of hydrogen-bond acceptors (Lipinski definition) is 4. The maximum absolute atomic E-state index is 13.9. The van der Waals surface area contributed by atoms with Crippen LogP contribution in [0.25, 0.3) is 5.57 Å². The second-order valence-corrected chi connectivity index (χ2v) is 10.2. The lowest BCUT2D eigenvalue weighted by atomic mass is 9.94. The zero-order chi connectivity index (χ0) is 27.8. The summed E-state index contributed by atoms with van der Waals surface area (Å²) in [7, 11) is 0. The predicted octanol–water partition coefficient (Wildman–Crippen LogP) is 7.27. The van der Waals surface area contributed by atoms with Crippen molar-refractivity contribution in [3.05, 3.63) is 71.9 Å². The lowest BCUT2D eigenvalue weighted by molar-refractivity contribution is -0.274. The average Bonchev–Trinajstić information content (AvgIpc) is 3.75. The summed E-state index contributed by atoms with van der Waals surface area (Å²) < 4.78 is 47.9. The standard InChI is InChI=1S/C30H36F3N3O3/c1-3-7-25(24-12-15-27(16-13-24)39-30(31,32)33)19-36(34-2)29(37)35-20-28(38-21-23-10-11-23)17-14-26(35)18-22-8-5-4-6-9-22/h4-6,8-9,12-13,15-16,19,23,26,28H,2-3,7,10-11,14,17-18,20-21H2,1H3/b25-19+/t26-,28-/m1/s1. The van der Waals surface area contributed by atoms with Crippen molar-refractivity contribution >= 4 is 18.3 Å². The smallest absolute Gasteiger partial charge is 0.406 e. The third-order valence-corrected chi connectivity index (χ3v) is 7.09. The molecule has 9 heteroatoms. The van der Waals surface area contributed by atoms with Crippen molar-refractivity contribution in [3.8, 4) is 5.75 Å². The number of piperidine rings is 1. The first-order valence-corrected chi connectivity index (χ1v) is 13.5. The van der Waals surface area contributed by atoms with Gasteiger partial charge in [0.2, 0.25) is 0 Å². The number of hydrogen-bond donors (Lipinski definition) is 0. The lowest BCUT2D eigenvalue weighted by Gasteiger charge is -2.40. The molecule has 2 aliphatic rings. The minimum absolute atomic E-state index is 0.0215. The van der Waals surface area contributed by atoms with E-state index in [4.69, 9.17) is 4.74 Å². The summed E-state index contributed by atoms with van der Waals surface area (Å²) >= 11 is 0. The first-order valence-electron chi connectivity index (χ1n) is 13.5. The Morgan fingerprint density at radius 1 is 1.10 bits per heavy atom. The van der Waals surface area contributed by atoms with E-state index in [1.165, 1.54) is 30.0 Å². The second kappa shape index (κ2) is 13.2. The maximum Gasteiger partial charge on any atom is 0.573 e. The molecule has 1 heterocycles. The Bertz CT molecular complexity index is 1120. The first-order chi connectivity index (χ1) is 18.8. The molecule has 2 amide bonds. The van der Waals surface area contributed by atoms with Crippen molar-refractivity contribution in [2.24, 2.45) is 11.0 Å². The van der Waals surface area contributed by atoms with Crippen LogP contribution in [0.5, 0.6) is 5.75 Å². The minimum Gasteiger partial charge on any atom is -0.406 e. The van der Waals surface area contributed by atoms with Gasteiger partial charge in [-0.15, -0.1) is 13.2 Å². The van der Waals surface area contributed by atoms with Crippen molar-refractivity contribution in [1.29, 1.82) is 0 Å². The monoisotopic (exact) mass is 543 g/mol. The number of carbonyl (C=O) groups is 1. The van der Waals surface area contributed by atoms with Gasteiger partial charge in [-0.3, -0.25) is 0 Å². The second-order valence-electron chi connectivity index (χ2n) is 10.2. The van der Waals surface area contributed by atoms with Crippen LogP contribution in [-0.2, 0) is 11.2 Å². The summed E-state index contributed by atoms with van der Waals surface area (Å²) in [5, 5.41) is 5.27. The van der Waals surface area contributed by atoms with Crippen molar-refractivity contribution in [2.75, 3.05) is 13.2 Å². The van der Waals surface area contributed by atoms with E-state index >= 15 is 0 Å².